The van der Waals surface area contributed by atoms with Gasteiger partial charge in [-0.2, -0.15) is 0 Å². The number of nitrogen functional groups attached to an aromatic ring is 1. The molecule has 0 atom stereocenters. The summed E-state index contributed by atoms with van der Waals surface area (Å²) >= 11 is 0. The second-order valence-corrected chi connectivity index (χ2v) is 4.22. The summed E-state index contributed by atoms with van der Waals surface area (Å²) in [7, 11) is 0. The molecule has 0 spiro atoms. The van der Waals surface area contributed by atoms with Crippen LogP contribution in [0.1, 0.15) is 19.4 Å². The summed E-state index contributed by atoms with van der Waals surface area (Å²) in [4.78, 5) is 3.59. The summed E-state index contributed by atoms with van der Waals surface area (Å²) in [5.41, 5.74) is 5.45. The van der Waals surface area contributed by atoms with Crippen LogP contribution in [0.3, 0.4) is 0 Å². The van der Waals surface area contributed by atoms with Gasteiger partial charge < -0.3 is 21.2 Å². The average molecular weight is 288 g/mol. The van der Waals surface area contributed by atoms with E-state index in [4.69, 9.17) is 11.1 Å². The Morgan fingerprint density at radius 2 is 2.15 bits per heavy atom. The fourth-order valence-corrected chi connectivity index (χ4v) is 1.23. The number of nitrogens with zero attached hydrogens (tertiary/aromatic N) is 1. The summed E-state index contributed by atoms with van der Waals surface area (Å²) in [5, 5.41) is 10.7. The molecule has 8 heteroatoms. The van der Waals surface area contributed by atoms with E-state index < -0.39 is 12.1 Å². The molecule has 1 heterocycles. The van der Waals surface area contributed by atoms with Crippen LogP contribution in [-0.4, -0.2) is 23.1 Å². The molecule has 0 bridgehead atoms. The number of hydrogen-bond donors (Lipinski definition) is 3. The van der Waals surface area contributed by atoms with Crippen molar-refractivity contribution in [3.05, 3.63) is 30.1 Å². The van der Waals surface area contributed by atoms with Crippen molar-refractivity contribution in [1.29, 1.82) is 5.41 Å². The Labute approximate surface area is 114 Å². The SMILES string of the molecule is CC(C)N/C=C\C(=N)c1cnc(N)c(OC(F)(F)F)c1. The van der Waals surface area contributed by atoms with Gasteiger partial charge in [0.15, 0.2) is 11.6 Å². The second-order valence-electron chi connectivity index (χ2n) is 4.22. The van der Waals surface area contributed by atoms with Gasteiger partial charge in [0.1, 0.15) is 0 Å². The van der Waals surface area contributed by atoms with Gasteiger partial charge in [0.05, 0.1) is 5.71 Å². The molecule has 110 valence electrons. The van der Waals surface area contributed by atoms with E-state index in [0.29, 0.717) is 0 Å². The lowest BCUT2D eigenvalue weighted by Crippen LogP contribution is -2.19. The molecule has 0 amide bonds. The Bertz CT molecular complexity index is 512. The van der Waals surface area contributed by atoms with Crippen LogP contribution >= 0.6 is 0 Å². The van der Waals surface area contributed by atoms with Crippen molar-refractivity contribution in [2.24, 2.45) is 0 Å². The largest absolute Gasteiger partial charge is 0.573 e. The molecule has 5 nitrogen and oxygen atoms in total. The highest BCUT2D eigenvalue weighted by molar-refractivity contribution is 6.06. The molecule has 0 saturated heterocycles. The van der Waals surface area contributed by atoms with E-state index in [1.807, 2.05) is 13.8 Å². The first-order valence-corrected chi connectivity index (χ1v) is 5.72. The first kappa shape index (κ1) is 15.8. The number of hydrogen-bond acceptors (Lipinski definition) is 5. The van der Waals surface area contributed by atoms with Crippen LogP contribution in [0, 0.1) is 5.41 Å². The number of pyridine rings is 1. The lowest BCUT2D eigenvalue weighted by molar-refractivity contribution is -0.274. The Morgan fingerprint density at radius 3 is 2.70 bits per heavy atom. The quantitative estimate of drug-likeness (QED) is 0.727. The summed E-state index contributed by atoms with van der Waals surface area (Å²) in [5.74, 6) is -1.01. The third kappa shape index (κ3) is 5.17. The number of rotatable bonds is 5. The predicted molar refractivity (Wildman–Crippen MR) is 69.6 cm³/mol. The zero-order chi connectivity index (χ0) is 15.3. The molecule has 0 aromatic carbocycles. The van der Waals surface area contributed by atoms with Crippen LogP contribution in [-0.2, 0) is 0 Å². The molecule has 1 aromatic heterocycles. The van der Waals surface area contributed by atoms with E-state index >= 15 is 0 Å². The number of anilines is 1. The van der Waals surface area contributed by atoms with Crippen LogP contribution < -0.4 is 15.8 Å². The van der Waals surface area contributed by atoms with Crippen LogP contribution in [0.4, 0.5) is 19.0 Å². The highest BCUT2D eigenvalue weighted by Crippen LogP contribution is 2.27. The Kier molecular flexibility index (Phi) is 4.95. The van der Waals surface area contributed by atoms with Gasteiger partial charge in [0.2, 0.25) is 0 Å². The number of nitrogens with one attached hydrogen (secondary N) is 2. The monoisotopic (exact) mass is 288 g/mol. The van der Waals surface area contributed by atoms with Crippen molar-refractivity contribution in [3.8, 4) is 5.75 Å². The first-order valence-electron chi connectivity index (χ1n) is 5.72. The topological polar surface area (TPSA) is 84.0 Å². The van der Waals surface area contributed by atoms with Crippen molar-refractivity contribution in [3.63, 3.8) is 0 Å². The summed E-state index contributed by atoms with van der Waals surface area (Å²) in [6, 6.07) is 1.21. The smallest absolute Gasteiger partial charge is 0.402 e. The minimum atomic E-state index is -4.86. The lowest BCUT2D eigenvalue weighted by atomic mass is 10.1. The van der Waals surface area contributed by atoms with Crippen molar-refractivity contribution < 1.29 is 17.9 Å². The van der Waals surface area contributed by atoms with Crippen LogP contribution in [0.15, 0.2) is 24.5 Å². The van der Waals surface area contributed by atoms with Crippen LogP contribution in [0.5, 0.6) is 5.75 Å². The van der Waals surface area contributed by atoms with E-state index in [1.54, 1.807) is 0 Å². The van der Waals surface area contributed by atoms with Gasteiger partial charge in [-0.1, -0.05) is 0 Å². The fourth-order valence-electron chi connectivity index (χ4n) is 1.23. The molecule has 4 N–H and O–H groups in total. The maximum absolute atomic E-state index is 12.2. The van der Waals surface area contributed by atoms with Gasteiger partial charge >= 0.3 is 6.36 Å². The third-order valence-electron chi connectivity index (χ3n) is 2.10. The number of halogens is 3. The molecule has 0 radical (unpaired) electrons. The van der Waals surface area contributed by atoms with Crippen molar-refractivity contribution in [2.75, 3.05) is 5.73 Å². The minimum absolute atomic E-state index is 0.0160. The molecular formula is C12H15F3N4O. The molecule has 1 aromatic rings. The normalized spacial score (nSPS) is 11.9. The van der Waals surface area contributed by atoms with Gasteiger partial charge in [0, 0.05) is 17.8 Å². The molecule has 0 saturated carbocycles. The number of ether oxygens (including phenoxy) is 1. The number of aromatic nitrogens is 1. The summed E-state index contributed by atoms with van der Waals surface area (Å²) < 4.78 is 40.2. The molecule has 20 heavy (non-hydrogen) atoms. The van der Waals surface area contributed by atoms with Gasteiger partial charge in [-0.25, -0.2) is 4.98 Å². The molecule has 0 aliphatic heterocycles. The molecular weight excluding hydrogens is 273 g/mol. The highest BCUT2D eigenvalue weighted by Gasteiger charge is 2.32. The fraction of sp³-hybridized carbons (Fsp3) is 0.333. The van der Waals surface area contributed by atoms with Crippen molar-refractivity contribution in [1.82, 2.24) is 10.3 Å². The van der Waals surface area contributed by atoms with Crippen LogP contribution in [0.2, 0.25) is 0 Å². The minimum Gasteiger partial charge on any atom is -0.402 e. The zero-order valence-electron chi connectivity index (χ0n) is 11.0. The maximum Gasteiger partial charge on any atom is 0.573 e. The standard InChI is InChI=1S/C12H15F3N4O/c1-7(2)18-4-3-9(16)8-5-10(11(17)19-6-8)20-12(13,14)15/h3-7,16,18H,1-2H3,(H2,17,19)/b4-3-,16-9?. The van der Waals surface area contributed by atoms with Gasteiger partial charge in [-0.05, 0) is 32.2 Å². The van der Waals surface area contributed by atoms with Crippen molar-refractivity contribution in [2.45, 2.75) is 26.3 Å². The first-order chi connectivity index (χ1) is 9.19. The number of nitrogens with two attached hydrogens (primary N) is 1. The van der Waals surface area contributed by atoms with Crippen LogP contribution in [0.25, 0.3) is 0 Å². The number of alkyl halides is 3. The zero-order valence-corrected chi connectivity index (χ0v) is 11.0. The van der Waals surface area contributed by atoms with Gasteiger partial charge in [-0.3, -0.25) is 0 Å². The van der Waals surface area contributed by atoms with E-state index in [-0.39, 0.29) is 23.1 Å². The summed E-state index contributed by atoms with van der Waals surface area (Å²) in [6.07, 6.45) is -0.704. The Hall–Kier alpha value is -2.25. The van der Waals surface area contributed by atoms with Crippen molar-refractivity contribution >= 4 is 11.5 Å². The Morgan fingerprint density at radius 1 is 1.50 bits per heavy atom. The molecule has 0 unspecified atom stereocenters. The highest BCUT2D eigenvalue weighted by atomic mass is 19.4. The van der Waals surface area contributed by atoms with E-state index in [2.05, 4.69) is 15.0 Å². The maximum atomic E-state index is 12.2. The molecule has 0 aliphatic carbocycles. The van der Waals surface area contributed by atoms with E-state index in [1.165, 1.54) is 18.5 Å². The van der Waals surface area contributed by atoms with E-state index in [9.17, 15) is 13.2 Å². The Balaban J connectivity index is 2.89. The molecule has 0 fully saturated rings. The molecule has 1 rings (SSSR count). The summed E-state index contributed by atoms with van der Waals surface area (Å²) in [6.45, 7) is 3.82. The lowest BCUT2D eigenvalue weighted by Gasteiger charge is -2.11. The van der Waals surface area contributed by atoms with Gasteiger partial charge in [-0.15, -0.1) is 13.2 Å². The predicted octanol–water partition coefficient (Wildman–Crippen LogP) is 2.44. The molecule has 0 aliphatic rings. The van der Waals surface area contributed by atoms with Gasteiger partial charge in [0.25, 0.3) is 0 Å². The number of allylic oxidation sites excluding steroid dienone is 1. The average Bonchev–Trinajstić information content (AvgIpc) is 2.29. The second kappa shape index (κ2) is 6.27. The third-order valence-corrected chi connectivity index (χ3v) is 2.10. The van der Waals surface area contributed by atoms with E-state index in [0.717, 1.165) is 6.07 Å².